The number of halogens is 1. The molecule has 4 heteroatoms. The molecule has 0 saturated carbocycles. The Morgan fingerprint density at radius 1 is 2.00 bits per heavy atom. The van der Waals surface area contributed by atoms with Gasteiger partial charge in [0, 0.05) is 0 Å². The molecule has 0 amide bonds. The highest BCUT2D eigenvalue weighted by atomic mass is 28.3. The van der Waals surface area contributed by atoms with E-state index in [1.807, 2.05) is 0 Å². The average Bonchev–Trinajstić information content (AvgIpc) is 1.35. The number of hydrogen-bond acceptors (Lipinski definition) is 2. The first-order chi connectivity index (χ1) is 2.77. The van der Waals surface area contributed by atoms with E-state index >= 15 is 0 Å². The quantitative estimate of drug-likeness (QED) is 0.378. The number of rotatable bonds is 2. The minimum atomic E-state index is -3.14. The van der Waals surface area contributed by atoms with E-state index in [-0.39, 0.29) is 6.61 Å². The van der Waals surface area contributed by atoms with E-state index in [9.17, 15) is 8.57 Å². The zero-order valence-corrected chi connectivity index (χ0v) is 4.40. The van der Waals surface area contributed by atoms with Crippen molar-refractivity contribution in [1.82, 2.24) is 0 Å². The van der Waals surface area contributed by atoms with Gasteiger partial charge in [-0.1, -0.05) is 0 Å². The van der Waals surface area contributed by atoms with Crippen LogP contribution in [0.5, 0.6) is 0 Å². The van der Waals surface area contributed by atoms with Crippen molar-refractivity contribution in [2.45, 2.75) is 6.92 Å². The summed E-state index contributed by atoms with van der Waals surface area (Å²) < 4.78 is 24.3. The third kappa shape index (κ3) is 3.75. The molecule has 0 fully saturated rings. The summed E-state index contributed by atoms with van der Waals surface area (Å²) in [7, 11) is -3.14. The van der Waals surface area contributed by atoms with Crippen LogP contribution in [-0.4, -0.2) is 15.9 Å². The fraction of sp³-hybridized carbons (Fsp3) is 1.00. The number of hydrogen-bond donors (Lipinski definition) is 0. The van der Waals surface area contributed by atoms with Crippen LogP contribution in [0, 0.1) is 0 Å². The van der Waals surface area contributed by atoms with Crippen molar-refractivity contribution in [3.8, 4) is 0 Å². The SMILES string of the molecule is CCO[Si](=O)F. The molecule has 0 aromatic rings. The third-order valence-electron chi connectivity index (χ3n) is 0.258. The molecule has 0 aromatic heterocycles. The molecule has 0 bridgehead atoms. The Hall–Kier alpha value is -0.253. The molecule has 0 N–H and O–H groups in total. The standard InChI is InChI=1S/C2H5FO2Si/c1-2-5-6(3)4/h2H2,1H3. The second kappa shape index (κ2) is 2.96. The first kappa shape index (κ1) is 5.75. The molecule has 0 atom stereocenters. The van der Waals surface area contributed by atoms with Crippen LogP contribution in [0.15, 0.2) is 0 Å². The Morgan fingerprint density at radius 3 is 2.50 bits per heavy atom. The highest BCUT2D eigenvalue weighted by Crippen LogP contribution is 1.70. The summed E-state index contributed by atoms with van der Waals surface area (Å²) in [5.41, 5.74) is 0. The molecule has 0 aliphatic rings. The van der Waals surface area contributed by atoms with Crippen LogP contribution in [0.25, 0.3) is 0 Å². The van der Waals surface area contributed by atoms with E-state index < -0.39 is 9.26 Å². The van der Waals surface area contributed by atoms with Gasteiger partial charge >= 0.3 is 9.26 Å². The van der Waals surface area contributed by atoms with Crippen molar-refractivity contribution < 1.29 is 13.0 Å². The van der Waals surface area contributed by atoms with Gasteiger partial charge in [-0.3, -0.25) is 4.46 Å². The second-order valence-electron chi connectivity index (χ2n) is 0.671. The Bertz CT molecular complexity index is 55.5. The fourth-order valence-corrected chi connectivity index (χ4v) is 0.340. The van der Waals surface area contributed by atoms with Gasteiger partial charge in [-0.2, -0.15) is 4.11 Å². The summed E-state index contributed by atoms with van der Waals surface area (Å²) in [6.07, 6.45) is 0. The van der Waals surface area contributed by atoms with Gasteiger partial charge in [-0.05, 0) is 6.92 Å². The summed E-state index contributed by atoms with van der Waals surface area (Å²) >= 11 is 0. The first-order valence-corrected chi connectivity index (χ1v) is 2.79. The summed E-state index contributed by atoms with van der Waals surface area (Å²) in [4.78, 5) is 0. The molecule has 0 heterocycles. The molecule has 0 aliphatic heterocycles. The van der Waals surface area contributed by atoms with Gasteiger partial charge in [0.2, 0.25) is 0 Å². The predicted molar refractivity (Wildman–Crippen MR) is 19.2 cm³/mol. The molecule has 6 heavy (non-hydrogen) atoms. The van der Waals surface area contributed by atoms with Gasteiger partial charge in [0.1, 0.15) is 0 Å². The molecular weight excluding hydrogens is 103 g/mol. The minimum absolute atomic E-state index is 0.189. The molecule has 0 saturated heterocycles. The lowest BCUT2D eigenvalue weighted by molar-refractivity contribution is 0.271. The second-order valence-corrected chi connectivity index (χ2v) is 1.43. The predicted octanol–water partition coefficient (Wildman–Crippen LogP) is 0.408. The Morgan fingerprint density at radius 2 is 2.50 bits per heavy atom. The van der Waals surface area contributed by atoms with E-state index in [1.165, 1.54) is 0 Å². The summed E-state index contributed by atoms with van der Waals surface area (Å²) in [6, 6.07) is 0. The van der Waals surface area contributed by atoms with Crippen LogP contribution < -0.4 is 0 Å². The lowest BCUT2D eigenvalue weighted by atomic mass is 10.9. The molecule has 0 spiro atoms. The van der Waals surface area contributed by atoms with Crippen LogP contribution in [0.4, 0.5) is 4.11 Å². The van der Waals surface area contributed by atoms with Crippen LogP contribution in [-0.2, 0) is 8.89 Å². The maximum absolute atomic E-state index is 11.0. The van der Waals surface area contributed by atoms with Crippen LogP contribution >= 0.6 is 0 Å². The van der Waals surface area contributed by atoms with Gasteiger partial charge in [0.15, 0.2) is 0 Å². The van der Waals surface area contributed by atoms with Crippen molar-refractivity contribution in [3.63, 3.8) is 0 Å². The molecule has 2 nitrogen and oxygen atoms in total. The molecule has 36 valence electrons. The van der Waals surface area contributed by atoms with Crippen molar-refractivity contribution in [3.05, 3.63) is 0 Å². The van der Waals surface area contributed by atoms with Gasteiger partial charge in [0.05, 0.1) is 6.61 Å². The minimum Gasteiger partial charge on any atom is -0.502 e. The highest BCUT2D eigenvalue weighted by Gasteiger charge is 1.98. The van der Waals surface area contributed by atoms with E-state index in [4.69, 9.17) is 0 Å². The van der Waals surface area contributed by atoms with Crippen LogP contribution in [0.2, 0.25) is 0 Å². The highest BCUT2D eigenvalue weighted by molar-refractivity contribution is 6.25. The summed E-state index contributed by atoms with van der Waals surface area (Å²) in [5.74, 6) is 0. The van der Waals surface area contributed by atoms with Gasteiger partial charge in [-0.25, -0.2) is 0 Å². The molecule has 0 radical (unpaired) electrons. The molecule has 0 aromatic carbocycles. The Balaban J connectivity index is 2.83. The normalized spacial score (nSPS) is 7.67. The lowest BCUT2D eigenvalue weighted by Gasteiger charge is -1.84. The van der Waals surface area contributed by atoms with Crippen molar-refractivity contribution in [2.24, 2.45) is 0 Å². The summed E-state index contributed by atoms with van der Waals surface area (Å²) in [5, 5.41) is 0. The lowest BCUT2D eigenvalue weighted by Crippen LogP contribution is -1.96. The van der Waals surface area contributed by atoms with Crippen molar-refractivity contribution >= 4 is 9.26 Å². The van der Waals surface area contributed by atoms with E-state index in [0.717, 1.165) is 0 Å². The van der Waals surface area contributed by atoms with E-state index in [2.05, 4.69) is 4.43 Å². The van der Waals surface area contributed by atoms with Crippen LogP contribution in [0.1, 0.15) is 6.92 Å². The zero-order chi connectivity index (χ0) is 4.99. The molecule has 0 aliphatic carbocycles. The van der Waals surface area contributed by atoms with Gasteiger partial charge in [-0.15, -0.1) is 0 Å². The zero-order valence-electron chi connectivity index (χ0n) is 3.40. The van der Waals surface area contributed by atoms with Gasteiger partial charge < -0.3 is 4.43 Å². The molecule has 0 rings (SSSR count). The average molecular weight is 108 g/mol. The maximum atomic E-state index is 11.0. The largest absolute Gasteiger partial charge is 0.736 e. The molecular formula is C2H5FO2Si. The van der Waals surface area contributed by atoms with Crippen molar-refractivity contribution in [2.75, 3.05) is 6.61 Å². The molecule has 0 unspecified atom stereocenters. The van der Waals surface area contributed by atoms with E-state index in [1.54, 1.807) is 6.92 Å². The third-order valence-corrected chi connectivity index (χ3v) is 0.773. The monoisotopic (exact) mass is 108 g/mol. The van der Waals surface area contributed by atoms with E-state index in [0.29, 0.717) is 0 Å². The van der Waals surface area contributed by atoms with Crippen LogP contribution in [0.3, 0.4) is 0 Å². The Kier molecular flexibility index (Phi) is 2.83. The Labute approximate surface area is 36.9 Å². The smallest absolute Gasteiger partial charge is 0.502 e. The van der Waals surface area contributed by atoms with Crippen molar-refractivity contribution in [1.29, 1.82) is 0 Å². The van der Waals surface area contributed by atoms with Gasteiger partial charge in [0.25, 0.3) is 0 Å². The maximum Gasteiger partial charge on any atom is 0.736 e. The topological polar surface area (TPSA) is 26.3 Å². The first-order valence-electron chi connectivity index (χ1n) is 1.59. The fourth-order valence-electron chi connectivity index (χ4n) is 0.113. The summed E-state index contributed by atoms with van der Waals surface area (Å²) in [6.45, 7) is 1.77.